The van der Waals surface area contributed by atoms with Crippen LogP contribution in [0.1, 0.15) is 11.1 Å². The van der Waals surface area contributed by atoms with E-state index in [0.717, 1.165) is 0 Å². The average Bonchev–Trinajstić information content (AvgIpc) is 2.64. The van der Waals surface area contributed by atoms with Gasteiger partial charge in [-0.1, -0.05) is 24.3 Å². The van der Waals surface area contributed by atoms with E-state index in [4.69, 9.17) is 4.74 Å². The zero-order valence-electron chi connectivity index (χ0n) is 15.1. The molecule has 1 aromatic heterocycles. The molecule has 0 atom stereocenters. The normalized spacial score (nSPS) is 11.5. The molecule has 0 unspecified atom stereocenters. The number of ether oxygens (including phenoxy) is 1. The molecule has 10 heteroatoms. The number of nitrogens with one attached hydrogen (secondary N) is 2. The molecule has 2 rings (SSSR count). The van der Waals surface area contributed by atoms with Crippen LogP contribution >= 0.6 is 24.0 Å². The lowest BCUT2D eigenvalue weighted by Gasteiger charge is -2.15. The predicted octanol–water partition coefficient (Wildman–Crippen LogP) is 3.69. The molecule has 1 heterocycles. The van der Waals surface area contributed by atoms with E-state index in [9.17, 15) is 17.6 Å². The number of guanidine groups is 1. The second kappa shape index (κ2) is 11.7. The summed E-state index contributed by atoms with van der Waals surface area (Å²) >= 11 is 0. The molecule has 1 aromatic carbocycles. The molecule has 28 heavy (non-hydrogen) atoms. The number of nitrogens with zero attached hydrogens (tertiary/aromatic N) is 2. The first-order valence-corrected chi connectivity index (χ1v) is 8.20. The number of hydrogen-bond donors (Lipinski definition) is 2. The summed E-state index contributed by atoms with van der Waals surface area (Å²) in [6, 6.07) is 9.69. The highest BCUT2D eigenvalue weighted by Crippen LogP contribution is 2.19. The van der Waals surface area contributed by atoms with Crippen LogP contribution in [0.5, 0.6) is 5.88 Å². The Labute approximate surface area is 177 Å². The average molecular weight is 512 g/mol. The van der Waals surface area contributed by atoms with Gasteiger partial charge in [0.25, 0.3) is 0 Å². The van der Waals surface area contributed by atoms with Crippen molar-refractivity contribution >= 4 is 29.9 Å². The van der Waals surface area contributed by atoms with E-state index in [0.29, 0.717) is 30.1 Å². The molecule has 0 spiro atoms. The zero-order valence-corrected chi connectivity index (χ0v) is 17.4. The molecule has 0 aliphatic rings. The van der Waals surface area contributed by atoms with Gasteiger partial charge in [-0.2, -0.15) is 13.2 Å². The molecule has 0 amide bonds. The van der Waals surface area contributed by atoms with E-state index in [-0.39, 0.29) is 42.2 Å². The number of aliphatic imine (C=N–C) groups is 1. The van der Waals surface area contributed by atoms with Gasteiger partial charge >= 0.3 is 6.18 Å². The van der Waals surface area contributed by atoms with Crippen molar-refractivity contribution in [3.05, 3.63) is 59.5 Å². The molecule has 0 saturated carbocycles. The Hall–Kier alpha value is -2.11. The van der Waals surface area contributed by atoms with Crippen LogP contribution in [-0.2, 0) is 13.0 Å². The fraction of sp³-hybridized carbons (Fsp3) is 0.333. The lowest BCUT2D eigenvalue weighted by molar-refractivity contribution is -0.154. The quantitative estimate of drug-likeness (QED) is 0.257. The number of aromatic nitrogens is 1. The van der Waals surface area contributed by atoms with Gasteiger partial charge in [-0.3, -0.25) is 4.99 Å². The second-order valence-corrected chi connectivity index (χ2v) is 5.57. The van der Waals surface area contributed by atoms with Crippen molar-refractivity contribution in [2.24, 2.45) is 4.99 Å². The molecule has 0 aliphatic heterocycles. The summed E-state index contributed by atoms with van der Waals surface area (Å²) in [5.74, 6) is 0.0603. The van der Waals surface area contributed by atoms with E-state index in [1.807, 2.05) is 0 Å². The van der Waals surface area contributed by atoms with E-state index in [1.165, 1.54) is 12.3 Å². The van der Waals surface area contributed by atoms with Crippen LogP contribution in [0, 0.1) is 5.82 Å². The highest BCUT2D eigenvalue weighted by atomic mass is 127. The van der Waals surface area contributed by atoms with Crippen LogP contribution in [-0.4, -0.2) is 37.3 Å². The van der Waals surface area contributed by atoms with E-state index >= 15 is 0 Å². The SMILES string of the molecule is CN=C(NCCc1ccccc1F)NCc1cccnc1OCC(F)(F)F.I. The Morgan fingerprint density at radius 2 is 1.82 bits per heavy atom. The van der Waals surface area contributed by atoms with Gasteiger partial charge in [0.2, 0.25) is 5.88 Å². The third-order valence-electron chi connectivity index (χ3n) is 3.54. The van der Waals surface area contributed by atoms with E-state index in [1.54, 1.807) is 37.4 Å². The van der Waals surface area contributed by atoms with Crippen molar-refractivity contribution in [3.8, 4) is 5.88 Å². The lowest BCUT2D eigenvalue weighted by atomic mass is 10.1. The minimum absolute atomic E-state index is 0. The third-order valence-corrected chi connectivity index (χ3v) is 3.54. The maximum Gasteiger partial charge on any atom is 0.422 e. The van der Waals surface area contributed by atoms with Gasteiger partial charge in [-0.25, -0.2) is 9.37 Å². The molecule has 0 saturated heterocycles. The zero-order chi connectivity index (χ0) is 19.7. The maximum absolute atomic E-state index is 13.6. The summed E-state index contributed by atoms with van der Waals surface area (Å²) in [7, 11) is 1.56. The Morgan fingerprint density at radius 3 is 2.50 bits per heavy atom. The van der Waals surface area contributed by atoms with Gasteiger partial charge in [-0.05, 0) is 24.1 Å². The topological polar surface area (TPSA) is 58.5 Å². The van der Waals surface area contributed by atoms with E-state index < -0.39 is 12.8 Å². The first-order valence-electron chi connectivity index (χ1n) is 8.20. The van der Waals surface area contributed by atoms with Crippen LogP contribution in [0.2, 0.25) is 0 Å². The van der Waals surface area contributed by atoms with Gasteiger partial charge in [0, 0.05) is 31.9 Å². The molecular weight excluding hydrogens is 491 g/mol. The molecule has 0 radical (unpaired) electrons. The fourth-order valence-corrected chi connectivity index (χ4v) is 2.26. The highest BCUT2D eigenvalue weighted by molar-refractivity contribution is 14.0. The number of alkyl halides is 3. The van der Waals surface area contributed by atoms with Crippen LogP contribution in [0.3, 0.4) is 0 Å². The van der Waals surface area contributed by atoms with Crippen LogP contribution in [0.15, 0.2) is 47.6 Å². The van der Waals surface area contributed by atoms with Crippen molar-refractivity contribution in [1.82, 2.24) is 15.6 Å². The van der Waals surface area contributed by atoms with Gasteiger partial charge in [0.15, 0.2) is 12.6 Å². The molecule has 2 aromatic rings. The Morgan fingerprint density at radius 1 is 1.11 bits per heavy atom. The minimum Gasteiger partial charge on any atom is -0.468 e. The van der Waals surface area contributed by atoms with Crippen molar-refractivity contribution in [3.63, 3.8) is 0 Å². The second-order valence-electron chi connectivity index (χ2n) is 5.57. The first-order chi connectivity index (χ1) is 12.9. The van der Waals surface area contributed by atoms with E-state index in [2.05, 4.69) is 20.6 Å². The number of rotatable bonds is 7. The minimum atomic E-state index is -4.44. The summed E-state index contributed by atoms with van der Waals surface area (Å²) < 4.78 is 55.3. The molecule has 0 fully saturated rings. The maximum atomic E-state index is 13.6. The van der Waals surface area contributed by atoms with Crippen molar-refractivity contribution in [2.45, 2.75) is 19.1 Å². The van der Waals surface area contributed by atoms with Crippen molar-refractivity contribution in [2.75, 3.05) is 20.2 Å². The molecule has 0 bridgehead atoms. The summed E-state index contributed by atoms with van der Waals surface area (Å²) in [5, 5.41) is 5.99. The predicted molar refractivity (Wildman–Crippen MR) is 110 cm³/mol. The van der Waals surface area contributed by atoms with Gasteiger partial charge in [-0.15, -0.1) is 24.0 Å². The summed E-state index contributed by atoms with van der Waals surface area (Å²) in [6.45, 7) is -0.807. The van der Waals surface area contributed by atoms with Gasteiger partial charge < -0.3 is 15.4 Å². The molecular formula is C18H21F4IN4O. The highest BCUT2D eigenvalue weighted by Gasteiger charge is 2.29. The summed E-state index contributed by atoms with van der Waals surface area (Å²) in [4.78, 5) is 7.86. The molecule has 154 valence electrons. The van der Waals surface area contributed by atoms with Crippen molar-refractivity contribution < 1.29 is 22.3 Å². The first kappa shape index (κ1) is 23.9. The number of hydrogen-bond acceptors (Lipinski definition) is 3. The fourth-order valence-electron chi connectivity index (χ4n) is 2.26. The Bertz CT molecular complexity index is 771. The lowest BCUT2D eigenvalue weighted by Crippen LogP contribution is -2.38. The third kappa shape index (κ3) is 8.28. The van der Waals surface area contributed by atoms with Gasteiger partial charge in [0.05, 0.1) is 0 Å². The Balaban J connectivity index is 0.00000392. The van der Waals surface area contributed by atoms with Crippen LogP contribution in [0.4, 0.5) is 17.6 Å². The monoisotopic (exact) mass is 512 g/mol. The van der Waals surface area contributed by atoms with Crippen LogP contribution < -0.4 is 15.4 Å². The number of halogens is 5. The molecule has 0 aliphatic carbocycles. The molecule has 5 nitrogen and oxygen atoms in total. The molecule has 2 N–H and O–H groups in total. The largest absolute Gasteiger partial charge is 0.468 e. The summed E-state index contributed by atoms with van der Waals surface area (Å²) in [6.07, 6.45) is -2.62. The van der Waals surface area contributed by atoms with Crippen LogP contribution in [0.25, 0.3) is 0 Å². The Kier molecular flexibility index (Phi) is 9.97. The van der Waals surface area contributed by atoms with Crippen molar-refractivity contribution in [1.29, 1.82) is 0 Å². The number of pyridine rings is 1. The van der Waals surface area contributed by atoms with Gasteiger partial charge in [0.1, 0.15) is 5.82 Å². The summed E-state index contributed by atoms with van der Waals surface area (Å²) in [5.41, 5.74) is 1.04. The standard InChI is InChI=1S/C18H20F4N4O.HI/c1-23-17(25-10-8-13-5-2-3-7-15(13)19)26-11-14-6-4-9-24-16(14)27-12-18(20,21)22;/h2-7,9H,8,10-12H2,1H3,(H2,23,25,26);1H. The smallest absolute Gasteiger partial charge is 0.422 e. The number of benzene rings is 1.